The lowest BCUT2D eigenvalue weighted by Gasteiger charge is -2.48. The van der Waals surface area contributed by atoms with Crippen LogP contribution in [0.25, 0.3) is 6.08 Å². The molecule has 43 heavy (non-hydrogen) atoms. The number of likely N-dealkylation sites (tertiary alicyclic amines) is 2. The zero-order valence-electron chi connectivity index (χ0n) is 24.9. The van der Waals surface area contributed by atoms with Gasteiger partial charge in [-0.25, -0.2) is 4.79 Å². The van der Waals surface area contributed by atoms with Crippen LogP contribution in [0.3, 0.4) is 0 Å². The molecule has 5 heterocycles. The third-order valence-corrected chi connectivity index (χ3v) is 10.2. The van der Waals surface area contributed by atoms with Crippen molar-refractivity contribution in [1.82, 2.24) is 20.0 Å². The van der Waals surface area contributed by atoms with E-state index in [0.29, 0.717) is 51.6 Å². The molecule has 0 radical (unpaired) electrons. The first-order valence-electron chi connectivity index (χ1n) is 15.5. The average molecular weight is 610 g/mol. The highest BCUT2D eigenvalue weighted by atomic mass is 32.1. The number of thiophene rings is 1. The molecule has 0 aliphatic carbocycles. The minimum absolute atomic E-state index is 0.000434. The number of nitrogens with zero attached hydrogens (tertiary/aromatic N) is 4. The summed E-state index contributed by atoms with van der Waals surface area (Å²) in [6, 6.07) is 7.92. The summed E-state index contributed by atoms with van der Waals surface area (Å²) in [6.07, 6.45) is 5.67. The first kappa shape index (κ1) is 29.9. The highest BCUT2D eigenvalue weighted by Gasteiger charge is 2.37. The van der Waals surface area contributed by atoms with Crippen molar-refractivity contribution < 1.29 is 19.0 Å². The number of piperidine rings is 1. The Labute approximate surface area is 257 Å². The Balaban J connectivity index is 1.14. The summed E-state index contributed by atoms with van der Waals surface area (Å²) in [6.45, 7) is 7.30. The zero-order valence-corrected chi connectivity index (χ0v) is 25.7. The van der Waals surface area contributed by atoms with E-state index in [1.807, 2.05) is 39.4 Å². The molecule has 0 saturated carbocycles. The van der Waals surface area contributed by atoms with Crippen molar-refractivity contribution in [3.8, 4) is 0 Å². The molecular formula is C31H43N7O4S. The summed E-state index contributed by atoms with van der Waals surface area (Å²) in [5.41, 5.74) is 9.69. The number of rotatable bonds is 9. The summed E-state index contributed by atoms with van der Waals surface area (Å²) in [4.78, 5) is 33.8. The van der Waals surface area contributed by atoms with Crippen LogP contribution in [-0.2, 0) is 22.5 Å². The average Bonchev–Trinajstić information content (AvgIpc) is 3.79. The SMILES string of the molecule is CCCc1cc(/C=C(/OC[N+]2([O-])CCC(N3Cc4sccc4NC3=O)CC2)C(=O)N2CCC(N3CCNC3)C2)ccc1N. The predicted octanol–water partition coefficient (Wildman–Crippen LogP) is 3.59. The van der Waals surface area contributed by atoms with Crippen LogP contribution in [0.1, 0.15) is 48.6 Å². The van der Waals surface area contributed by atoms with Crippen LogP contribution in [0.2, 0.25) is 0 Å². The molecule has 4 aliphatic heterocycles. The largest absolute Gasteiger partial charge is 0.630 e. The van der Waals surface area contributed by atoms with Gasteiger partial charge in [-0.15, -0.1) is 11.3 Å². The molecule has 3 fully saturated rings. The molecule has 0 spiro atoms. The van der Waals surface area contributed by atoms with E-state index >= 15 is 0 Å². The first-order valence-corrected chi connectivity index (χ1v) is 16.4. The van der Waals surface area contributed by atoms with E-state index in [2.05, 4.69) is 22.5 Å². The van der Waals surface area contributed by atoms with Crippen LogP contribution < -0.4 is 16.4 Å². The molecule has 3 saturated heterocycles. The number of nitrogens with two attached hydrogens (primary N) is 1. The smallest absolute Gasteiger partial charge is 0.322 e. The maximum absolute atomic E-state index is 13.9. The van der Waals surface area contributed by atoms with E-state index in [0.717, 1.165) is 66.4 Å². The Hall–Kier alpha value is -3.16. The fourth-order valence-electron chi connectivity index (χ4n) is 6.67. The number of carbonyl (C=O) groups excluding carboxylic acids is 2. The van der Waals surface area contributed by atoms with Gasteiger partial charge >= 0.3 is 6.03 Å². The van der Waals surface area contributed by atoms with Crippen molar-refractivity contribution in [3.05, 3.63) is 56.6 Å². The molecule has 12 heteroatoms. The monoisotopic (exact) mass is 609 g/mol. The predicted molar refractivity (Wildman–Crippen MR) is 169 cm³/mol. The van der Waals surface area contributed by atoms with E-state index in [9.17, 15) is 14.8 Å². The summed E-state index contributed by atoms with van der Waals surface area (Å²) >= 11 is 1.63. The van der Waals surface area contributed by atoms with Gasteiger partial charge in [0.15, 0.2) is 5.76 Å². The molecule has 1 unspecified atom stereocenters. The molecule has 2 aromatic rings. The lowest BCUT2D eigenvalue weighted by molar-refractivity contribution is -0.903. The zero-order chi connectivity index (χ0) is 30.0. The second-order valence-corrected chi connectivity index (χ2v) is 13.2. The Kier molecular flexibility index (Phi) is 8.92. The third-order valence-electron chi connectivity index (χ3n) is 9.25. The molecule has 232 valence electrons. The van der Waals surface area contributed by atoms with Gasteiger partial charge in [-0.3, -0.25) is 9.69 Å². The quantitative estimate of drug-likeness (QED) is 0.130. The van der Waals surface area contributed by atoms with Crippen LogP contribution in [0.15, 0.2) is 35.4 Å². The van der Waals surface area contributed by atoms with E-state index < -0.39 is 4.65 Å². The number of quaternary nitrogens is 1. The number of hydrogen-bond donors (Lipinski definition) is 3. The van der Waals surface area contributed by atoms with Crippen molar-refractivity contribution in [2.24, 2.45) is 0 Å². The second-order valence-electron chi connectivity index (χ2n) is 12.2. The van der Waals surface area contributed by atoms with Gasteiger partial charge in [0.05, 0.1) is 25.3 Å². The van der Waals surface area contributed by atoms with Gasteiger partial charge in [0.25, 0.3) is 5.91 Å². The highest BCUT2D eigenvalue weighted by molar-refractivity contribution is 7.10. The molecule has 1 atom stereocenters. The summed E-state index contributed by atoms with van der Waals surface area (Å²) in [7, 11) is 0. The van der Waals surface area contributed by atoms with E-state index in [1.165, 1.54) is 0 Å². The highest BCUT2D eigenvalue weighted by Crippen LogP contribution is 2.32. The summed E-state index contributed by atoms with van der Waals surface area (Å²) in [5.74, 6) is 0.0188. The van der Waals surface area contributed by atoms with Gasteiger partial charge in [0.1, 0.15) is 0 Å². The molecular weight excluding hydrogens is 566 g/mol. The van der Waals surface area contributed by atoms with E-state index in [1.54, 1.807) is 17.4 Å². The molecule has 4 aliphatic rings. The number of nitrogen functional groups attached to an aromatic ring is 1. The standard InChI is InChI=1S/C31H43N7O4S/c1-2-3-23-16-22(4-5-26(23)32)17-28(30(39)35-11-6-25(18-35)36-12-10-33-20-36)42-21-38(41)13-7-24(8-14-38)37-19-29-27(9-15-43-29)34-31(37)40/h4-5,9,15-17,24-25,33H,2-3,6-8,10-14,18-21,32H2,1H3,(H,34,40)/b28-17+. The van der Waals surface area contributed by atoms with Gasteiger partial charge in [-0.1, -0.05) is 19.4 Å². The summed E-state index contributed by atoms with van der Waals surface area (Å²) < 4.78 is 5.62. The molecule has 3 amide bonds. The number of aryl methyl sites for hydroxylation is 1. The molecule has 6 rings (SSSR count). The van der Waals surface area contributed by atoms with Crippen molar-refractivity contribution in [2.45, 2.75) is 57.7 Å². The van der Waals surface area contributed by atoms with Crippen LogP contribution >= 0.6 is 11.3 Å². The second kappa shape index (κ2) is 12.8. The van der Waals surface area contributed by atoms with Crippen LogP contribution in [-0.4, -0.2) is 96.0 Å². The maximum atomic E-state index is 13.9. The van der Waals surface area contributed by atoms with Crippen LogP contribution in [0, 0.1) is 5.21 Å². The Bertz CT molecular complexity index is 1350. The van der Waals surface area contributed by atoms with Crippen molar-refractivity contribution in [2.75, 3.05) is 63.7 Å². The van der Waals surface area contributed by atoms with Crippen molar-refractivity contribution >= 4 is 40.7 Å². The fraction of sp³-hybridized carbons (Fsp3) is 0.548. The molecule has 4 N–H and O–H groups in total. The van der Waals surface area contributed by atoms with Gasteiger partial charge in [0.2, 0.25) is 6.73 Å². The van der Waals surface area contributed by atoms with Crippen molar-refractivity contribution in [3.63, 3.8) is 0 Å². The van der Waals surface area contributed by atoms with E-state index in [-0.39, 0.29) is 30.5 Å². The van der Waals surface area contributed by atoms with Gasteiger partial charge in [-0.05, 0) is 53.6 Å². The fourth-order valence-corrected chi connectivity index (χ4v) is 7.50. The molecule has 1 aromatic heterocycles. The van der Waals surface area contributed by atoms with Crippen molar-refractivity contribution in [1.29, 1.82) is 0 Å². The van der Waals surface area contributed by atoms with Gasteiger partial charge in [0, 0.05) is 68.3 Å². The number of hydroxylamine groups is 3. The van der Waals surface area contributed by atoms with Crippen LogP contribution in [0.4, 0.5) is 16.2 Å². The molecule has 1 aromatic carbocycles. The third kappa shape index (κ3) is 6.68. The topological polar surface area (TPSA) is 126 Å². The number of ether oxygens (including phenoxy) is 1. The minimum atomic E-state index is -0.550. The maximum Gasteiger partial charge on any atom is 0.322 e. The first-order chi connectivity index (χ1) is 20.8. The van der Waals surface area contributed by atoms with E-state index in [4.69, 9.17) is 10.5 Å². The number of hydrogen-bond acceptors (Lipinski definition) is 8. The van der Waals surface area contributed by atoms with Gasteiger partial charge in [-0.2, -0.15) is 0 Å². The Morgan fingerprint density at radius 3 is 2.81 bits per heavy atom. The number of anilines is 2. The Morgan fingerprint density at radius 2 is 2.05 bits per heavy atom. The lowest BCUT2D eigenvalue weighted by Crippen LogP contribution is -2.56. The summed E-state index contributed by atoms with van der Waals surface area (Å²) in [5, 5.41) is 22.1. The minimum Gasteiger partial charge on any atom is -0.630 e. The number of benzene rings is 1. The van der Waals surface area contributed by atoms with Gasteiger partial charge < -0.3 is 40.8 Å². The van der Waals surface area contributed by atoms with Crippen LogP contribution in [0.5, 0.6) is 0 Å². The Morgan fingerprint density at radius 1 is 1.21 bits per heavy atom. The molecule has 11 nitrogen and oxygen atoms in total. The number of fused-ring (bicyclic) bond motifs is 1. The normalized spacial score (nSPS) is 26.5. The molecule has 0 bridgehead atoms. The number of amides is 3. The lowest BCUT2D eigenvalue weighted by atomic mass is 10.0. The number of nitrogens with one attached hydrogen (secondary N) is 2. The number of carbonyl (C=O) groups is 2. The number of urea groups is 1.